The third-order valence-electron chi connectivity index (χ3n) is 3.48. The van der Waals surface area contributed by atoms with Crippen LogP contribution in [-0.2, 0) is 9.59 Å². The summed E-state index contributed by atoms with van der Waals surface area (Å²) in [6.07, 6.45) is 0.909. The lowest BCUT2D eigenvalue weighted by Crippen LogP contribution is -2.29. The Kier molecular flexibility index (Phi) is 6.48. The second-order valence-corrected chi connectivity index (χ2v) is 5.51. The van der Waals surface area contributed by atoms with Crippen molar-refractivity contribution in [2.45, 2.75) is 32.6 Å². The van der Waals surface area contributed by atoms with Crippen molar-refractivity contribution < 1.29 is 14.0 Å². The molecule has 0 aliphatic rings. The Morgan fingerprint density at radius 1 is 1.12 bits per heavy atom. The quantitative estimate of drug-likeness (QED) is 0.716. The predicted octanol–water partition coefficient (Wildman–Crippen LogP) is 1.54. The molecule has 2 amide bonds. The number of nitrogens with zero attached hydrogens (tertiary/aromatic N) is 2. The zero-order valence-electron chi connectivity index (χ0n) is 13.9. The number of nitrogens with one attached hydrogen (secondary N) is 2. The van der Waals surface area contributed by atoms with Crippen molar-refractivity contribution in [3.8, 4) is 0 Å². The first-order chi connectivity index (χ1) is 11.6. The van der Waals surface area contributed by atoms with Crippen LogP contribution in [0.5, 0.6) is 0 Å². The van der Waals surface area contributed by atoms with Crippen LogP contribution < -0.4 is 10.6 Å². The van der Waals surface area contributed by atoms with E-state index < -0.39 is 0 Å². The number of amides is 2. The molecule has 2 N–H and O–H groups in total. The Labute approximate surface area is 140 Å². The average Bonchev–Trinajstić information content (AvgIpc) is 2.99. The van der Waals surface area contributed by atoms with Crippen molar-refractivity contribution in [2.75, 3.05) is 13.1 Å². The third kappa shape index (κ3) is 5.49. The Balaban J connectivity index is 1.93. The van der Waals surface area contributed by atoms with E-state index in [-0.39, 0.29) is 24.2 Å². The molecule has 1 unspecified atom stereocenters. The molecule has 1 aromatic carbocycles. The predicted molar refractivity (Wildman–Crippen MR) is 88.2 cm³/mol. The smallest absolute Gasteiger partial charge is 0.224 e. The van der Waals surface area contributed by atoms with E-state index in [0.29, 0.717) is 31.3 Å². The molecule has 24 heavy (non-hydrogen) atoms. The fraction of sp³-hybridized carbons (Fsp3) is 0.412. The Hall–Kier alpha value is -2.70. The highest BCUT2D eigenvalue weighted by atomic mass is 16.4. The van der Waals surface area contributed by atoms with Gasteiger partial charge in [0, 0.05) is 33.4 Å². The van der Waals surface area contributed by atoms with Crippen molar-refractivity contribution in [1.82, 2.24) is 20.8 Å². The number of rotatable bonds is 8. The molecule has 1 atom stereocenters. The Morgan fingerprint density at radius 2 is 1.83 bits per heavy atom. The maximum atomic E-state index is 12.2. The van der Waals surface area contributed by atoms with E-state index in [9.17, 15) is 9.59 Å². The molecule has 128 valence electrons. The Bertz CT molecular complexity index is 669. The van der Waals surface area contributed by atoms with Gasteiger partial charge in [0.15, 0.2) is 0 Å². The number of carbonyl (C=O) groups excluding carboxylic acids is 2. The standard InChI is InChI=1S/C17H22N4O3/c1-12(22)18-9-6-10-19-16(23)11-15(14-7-4-3-5-8-14)17-21-20-13(2)24-17/h3-5,7-8,15H,6,9-11H2,1-2H3,(H,18,22)(H,19,23). The normalized spacial score (nSPS) is 11.8. The van der Waals surface area contributed by atoms with Gasteiger partial charge in [-0.15, -0.1) is 10.2 Å². The first kappa shape index (κ1) is 17.7. The SMILES string of the molecule is CC(=O)NCCCNC(=O)CC(c1ccccc1)c1nnc(C)o1. The lowest BCUT2D eigenvalue weighted by atomic mass is 9.95. The molecular formula is C17H22N4O3. The van der Waals surface area contributed by atoms with Crippen LogP contribution in [0.4, 0.5) is 0 Å². The number of carbonyl (C=O) groups is 2. The maximum absolute atomic E-state index is 12.2. The van der Waals surface area contributed by atoms with Gasteiger partial charge in [-0.3, -0.25) is 9.59 Å². The molecule has 0 bridgehead atoms. The second kappa shape index (κ2) is 8.81. The highest BCUT2D eigenvalue weighted by Gasteiger charge is 2.23. The molecule has 0 fully saturated rings. The molecule has 0 aliphatic carbocycles. The summed E-state index contributed by atoms with van der Waals surface area (Å²) < 4.78 is 5.52. The molecule has 0 saturated heterocycles. The van der Waals surface area contributed by atoms with Gasteiger partial charge in [-0.2, -0.15) is 0 Å². The van der Waals surface area contributed by atoms with Crippen LogP contribution in [0.25, 0.3) is 0 Å². The van der Waals surface area contributed by atoms with Gasteiger partial charge in [0.1, 0.15) is 0 Å². The fourth-order valence-corrected chi connectivity index (χ4v) is 2.32. The number of hydrogen-bond donors (Lipinski definition) is 2. The lowest BCUT2D eigenvalue weighted by Gasteiger charge is -2.13. The van der Waals surface area contributed by atoms with E-state index in [0.717, 1.165) is 5.56 Å². The molecule has 2 aromatic rings. The highest BCUT2D eigenvalue weighted by Crippen LogP contribution is 2.26. The minimum absolute atomic E-state index is 0.0720. The molecule has 0 aliphatic heterocycles. The van der Waals surface area contributed by atoms with Gasteiger partial charge in [-0.05, 0) is 12.0 Å². The number of aryl methyl sites for hydroxylation is 1. The van der Waals surface area contributed by atoms with Crippen molar-refractivity contribution >= 4 is 11.8 Å². The number of hydrogen-bond acceptors (Lipinski definition) is 5. The summed E-state index contributed by atoms with van der Waals surface area (Å²) in [6.45, 7) is 4.24. The van der Waals surface area contributed by atoms with Crippen LogP contribution in [-0.4, -0.2) is 35.1 Å². The van der Waals surface area contributed by atoms with Gasteiger partial charge >= 0.3 is 0 Å². The molecule has 1 aromatic heterocycles. The van der Waals surface area contributed by atoms with Crippen LogP contribution in [0.1, 0.15) is 43.0 Å². The van der Waals surface area contributed by atoms with Crippen LogP contribution in [0.2, 0.25) is 0 Å². The first-order valence-corrected chi connectivity index (χ1v) is 7.92. The summed E-state index contributed by atoms with van der Waals surface area (Å²) >= 11 is 0. The molecule has 0 spiro atoms. The molecule has 0 radical (unpaired) electrons. The first-order valence-electron chi connectivity index (χ1n) is 7.92. The van der Waals surface area contributed by atoms with Crippen molar-refractivity contribution in [3.05, 3.63) is 47.7 Å². The van der Waals surface area contributed by atoms with E-state index in [2.05, 4.69) is 20.8 Å². The summed E-state index contributed by atoms with van der Waals surface area (Å²) in [7, 11) is 0. The summed E-state index contributed by atoms with van der Waals surface area (Å²) in [6, 6.07) is 9.62. The topological polar surface area (TPSA) is 97.1 Å². The summed E-state index contributed by atoms with van der Waals surface area (Å²) in [5.74, 6) is 0.469. The fourth-order valence-electron chi connectivity index (χ4n) is 2.32. The summed E-state index contributed by atoms with van der Waals surface area (Å²) in [5, 5.41) is 13.5. The molecule has 2 rings (SSSR count). The number of aromatic nitrogens is 2. The average molecular weight is 330 g/mol. The molecule has 7 heteroatoms. The zero-order chi connectivity index (χ0) is 17.4. The monoisotopic (exact) mass is 330 g/mol. The van der Waals surface area contributed by atoms with E-state index in [1.807, 2.05) is 30.3 Å². The van der Waals surface area contributed by atoms with E-state index in [1.54, 1.807) is 6.92 Å². The largest absolute Gasteiger partial charge is 0.425 e. The van der Waals surface area contributed by atoms with Gasteiger partial charge in [0.05, 0.1) is 5.92 Å². The molecular weight excluding hydrogens is 308 g/mol. The van der Waals surface area contributed by atoms with Gasteiger partial charge in [-0.1, -0.05) is 30.3 Å². The molecule has 1 heterocycles. The van der Waals surface area contributed by atoms with Gasteiger partial charge in [0.25, 0.3) is 0 Å². The van der Waals surface area contributed by atoms with Crippen LogP contribution >= 0.6 is 0 Å². The Morgan fingerprint density at radius 3 is 2.46 bits per heavy atom. The summed E-state index contributed by atoms with van der Waals surface area (Å²) in [4.78, 5) is 23.0. The van der Waals surface area contributed by atoms with Gasteiger partial charge in [0.2, 0.25) is 23.6 Å². The van der Waals surface area contributed by atoms with Crippen molar-refractivity contribution in [1.29, 1.82) is 0 Å². The van der Waals surface area contributed by atoms with Gasteiger partial charge in [-0.25, -0.2) is 0 Å². The van der Waals surface area contributed by atoms with E-state index in [4.69, 9.17) is 4.42 Å². The third-order valence-corrected chi connectivity index (χ3v) is 3.48. The minimum atomic E-state index is -0.275. The maximum Gasteiger partial charge on any atom is 0.224 e. The zero-order valence-corrected chi connectivity index (χ0v) is 13.9. The molecule has 0 saturated carbocycles. The molecule has 7 nitrogen and oxygen atoms in total. The van der Waals surface area contributed by atoms with Crippen LogP contribution in [0, 0.1) is 6.92 Å². The van der Waals surface area contributed by atoms with E-state index in [1.165, 1.54) is 6.92 Å². The number of benzene rings is 1. The van der Waals surface area contributed by atoms with Crippen LogP contribution in [0.15, 0.2) is 34.7 Å². The summed E-state index contributed by atoms with van der Waals surface area (Å²) in [5.41, 5.74) is 0.953. The van der Waals surface area contributed by atoms with E-state index >= 15 is 0 Å². The highest BCUT2D eigenvalue weighted by molar-refractivity contribution is 5.77. The lowest BCUT2D eigenvalue weighted by molar-refractivity contribution is -0.121. The second-order valence-electron chi connectivity index (χ2n) is 5.51. The minimum Gasteiger partial charge on any atom is -0.425 e. The van der Waals surface area contributed by atoms with Crippen molar-refractivity contribution in [2.24, 2.45) is 0 Å². The van der Waals surface area contributed by atoms with Crippen molar-refractivity contribution in [3.63, 3.8) is 0 Å². The van der Waals surface area contributed by atoms with Crippen LogP contribution in [0.3, 0.4) is 0 Å². The van der Waals surface area contributed by atoms with Gasteiger partial charge < -0.3 is 15.1 Å².